The van der Waals surface area contributed by atoms with E-state index in [2.05, 4.69) is 0 Å². The summed E-state index contributed by atoms with van der Waals surface area (Å²) in [4.78, 5) is 14.1. The quantitative estimate of drug-likeness (QED) is 0.595. The maximum absolute atomic E-state index is 13.0. The van der Waals surface area contributed by atoms with E-state index < -0.39 is 10.0 Å². The Morgan fingerprint density at radius 3 is 2.23 bits per heavy atom. The summed E-state index contributed by atoms with van der Waals surface area (Å²) in [6, 6.07) is 9.18. The first-order valence-corrected chi connectivity index (χ1v) is 11.5. The molecule has 0 N–H and O–H groups in total. The number of carbonyl (C=O) groups is 1. The van der Waals surface area contributed by atoms with Gasteiger partial charge in [0.1, 0.15) is 5.75 Å². The van der Waals surface area contributed by atoms with Crippen molar-refractivity contribution in [3.63, 3.8) is 0 Å². The van der Waals surface area contributed by atoms with Gasteiger partial charge >= 0.3 is 0 Å². The number of benzene rings is 2. The van der Waals surface area contributed by atoms with Gasteiger partial charge in [-0.25, -0.2) is 8.42 Å². The van der Waals surface area contributed by atoms with Gasteiger partial charge in [0.25, 0.3) is 5.91 Å². The van der Waals surface area contributed by atoms with E-state index in [9.17, 15) is 13.2 Å². The second-order valence-corrected chi connectivity index (χ2v) is 9.42. The van der Waals surface area contributed by atoms with Crippen LogP contribution < -0.4 is 14.2 Å². The molecule has 2 aromatic carbocycles. The van der Waals surface area contributed by atoms with Gasteiger partial charge in [-0.2, -0.15) is 4.31 Å². The fourth-order valence-corrected chi connectivity index (χ4v) is 4.83. The molecule has 1 heterocycles. The molecular weight excluding hydrogens is 467 g/mol. The van der Waals surface area contributed by atoms with E-state index in [1.54, 1.807) is 23.1 Å². The third-order valence-corrected chi connectivity index (χ3v) is 7.47. The van der Waals surface area contributed by atoms with Gasteiger partial charge < -0.3 is 19.1 Å². The molecule has 2 aromatic rings. The highest BCUT2D eigenvalue weighted by Crippen LogP contribution is 2.31. The Morgan fingerprint density at radius 1 is 0.935 bits per heavy atom. The fraction of sp³-hybridized carbons (Fsp3) is 0.350. The number of ether oxygens (including phenoxy) is 3. The predicted octanol–water partition coefficient (Wildman–Crippen LogP) is 2.92. The lowest BCUT2D eigenvalue weighted by molar-refractivity contribution is -0.134. The molecule has 1 aliphatic heterocycles. The Labute approximate surface area is 191 Å². The number of methoxy groups -OCH3 is 2. The molecular formula is C20H22Cl2N2O6S. The molecule has 1 fully saturated rings. The minimum atomic E-state index is -3.73. The summed E-state index contributed by atoms with van der Waals surface area (Å²) in [6.07, 6.45) is 0. The van der Waals surface area contributed by atoms with E-state index in [0.29, 0.717) is 27.3 Å². The Kier molecular flexibility index (Phi) is 7.53. The van der Waals surface area contributed by atoms with Crippen LogP contribution in [0.15, 0.2) is 41.3 Å². The topological polar surface area (TPSA) is 85.4 Å². The Balaban J connectivity index is 1.59. The van der Waals surface area contributed by atoms with Crippen molar-refractivity contribution in [2.45, 2.75) is 4.90 Å². The van der Waals surface area contributed by atoms with Crippen LogP contribution in [0.4, 0.5) is 0 Å². The molecule has 0 radical (unpaired) electrons. The zero-order valence-electron chi connectivity index (χ0n) is 17.0. The highest BCUT2D eigenvalue weighted by atomic mass is 35.5. The van der Waals surface area contributed by atoms with Crippen LogP contribution in [0.25, 0.3) is 0 Å². The van der Waals surface area contributed by atoms with Crippen LogP contribution in [0.3, 0.4) is 0 Å². The number of rotatable bonds is 7. The van der Waals surface area contributed by atoms with Crippen molar-refractivity contribution in [3.8, 4) is 17.2 Å². The molecule has 0 atom stereocenters. The minimum Gasteiger partial charge on any atom is -0.493 e. The molecule has 0 spiro atoms. The van der Waals surface area contributed by atoms with Gasteiger partial charge in [0.15, 0.2) is 18.1 Å². The number of sulfonamides is 1. The molecule has 0 aliphatic carbocycles. The normalized spacial score (nSPS) is 14.9. The van der Waals surface area contributed by atoms with E-state index in [0.717, 1.165) is 0 Å². The number of amides is 1. The minimum absolute atomic E-state index is 0.105. The standard InChI is InChI=1S/C20H22Cl2N2O6S/c1-28-18-6-4-15(12-19(18)29-2)31(26,27)24-9-7-23(8-10-24)20(25)13-30-14-3-5-16(21)17(22)11-14/h3-6,11-12H,7-10,13H2,1-2H3. The first kappa shape index (κ1) is 23.5. The highest BCUT2D eigenvalue weighted by molar-refractivity contribution is 7.89. The summed E-state index contributed by atoms with van der Waals surface area (Å²) in [7, 11) is -0.809. The van der Waals surface area contributed by atoms with Crippen LogP contribution in [0.1, 0.15) is 0 Å². The molecule has 168 valence electrons. The average molecular weight is 489 g/mol. The Bertz CT molecular complexity index is 1060. The predicted molar refractivity (Wildman–Crippen MR) is 117 cm³/mol. The van der Waals surface area contributed by atoms with E-state index in [-0.39, 0.29) is 43.6 Å². The maximum Gasteiger partial charge on any atom is 0.260 e. The molecule has 0 saturated carbocycles. The summed E-state index contributed by atoms with van der Waals surface area (Å²) in [5.41, 5.74) is 0. The van der Waals surface area contributed by atoms with Gasteiger partial charge in [0, 0.05) is 38.3 Å². The highest BCUT2D eigenvalue weighted by Gasteiger charge is 2.31. The zero-order chi connectivity index (χ0) is 22.6. The summed E-state index contributed by atoms with van der Waals surface area (Å²) < 4.78 is 43.1. The molecule has 1 amide bonds. The van der Waals surface area contributed by atoms with Crippen LogP contribution in [-0.2, 0) is 14.8 Å². The first-order valence-electron chi connectivity index (χ1n) is 9.34. The van der Waals surface area contributed by atoms with E-state index in [4.69, 9.17) is 37.4 Å². The SMILES string of the molecule is COc1ccc(S(=O)(=O)N2CCN(C(=O)COc3ccc(Cl)c(Cl)c3)CC2)cc1OC. The monoisotopic (exact) mass is 488 g/mol. The number of carbonyl (C=O) groups excluding carboxylic acids is 1. The fourth-order valence-electron chi connectivity index (χ4n) is 3.11. The van der Waals surface area contributed by atoms with E-state index >= 15 is 0 Å². The smallest absolute Gasteiger partial charge is 0.260 e. The van der Waals surface area contributed by atoms with Crippen LogP contribution in [0.2, 0.25) is 10.0 Å². The number of piperazine rings is 1. The molecule has 0 bridgehead atoms. The zero-order valence-corrected chi connectivity index (χ0v) is 19.3. The largest absolute Gasteiger partial charge is 0.493 e. The number of halogens is 2. The lowest BCUT2D eigenvalue weighted by atomic mass is 10.3. The van der Waals surface area contributed by atoms with Crippen LogP contribution in [0.5, 0.6) is 17.2 Å². The number of nitrogens with zero attached hydrogens (tertiary/aromatic N) is 2. The molecule has 3 rings (SSSR count). The average Bonchev–Trinajstić information content (AvgIpc) is 2.79. The lowest BCUT2D eigenvalue weighted by Crippen LogP contribution is -2.51. The summed E-state index contributed by atoms with van der Waals surface area (Å²) >= 11 is 11.8. The van der Waals surface area contributed by atoms with Gasteiger partial charge in [-0.3, -0.25) is 4.79 Å². The van der Waals surface area contributed by atoms with Crippen molar-refractivity contribution >= 4 is 39.1 Å². The van der Waals surface area contributed by atoms with Crippen molar-refractivity contribution in [1.82, 2.24) is 9.21 Å². The van der Waals surface area contributed by atoms with Gasteiger partial charge in [0.2, 0.25) is 10.0 Å². The molecule has 11 heteroatoms. The molecule has 31 heavy (non-hydrogen) atoms. The third-order valence-electron chi connectivity index (χ3n) is 4.84. The lowest BCUT2D eigenvalue weighted by Gasteiger charge is -2.34. The Hall–Kier alpha value is -2.20. The number of hydrogen-bond donors (Lipinski definition) is 0. The van der Waals surface area contributed by atoms with E-state index in [1.807, 2.05) is 0 Å². The summed E-state index contributed by atoms with van der Waals surface area (Å²) in [5, 5.41) is 0.729. The molecule has 8 nitrogen and oxygen atoms in total. The molecule has 0 unspecified atom stereocenters. The third kappa shape index (κ3) is 5.35. The Morgan fingerprint density at radius 2 is 1.61 bits per heavy atom. The second-order valence-electron chi connectivity index (χ2n) is 6.67. The van der Waals surface area contributed by atoms with Gasteiger partial charge in [-0.15, -0.1) is 0 Å². The number of hydrogen-bond acceptors (Lipinski definition) is 6. The van der Waals surface area contributed by atoms with Crippen LogP contribution in [-0.4, -0.2) is 70.5 Å². The maximum atomic E-state index is 13.0. The van der Waals surface area contributed by atoms with Gasteiger partial charge in [-0.1, -0.05) is 23.2 Å². The van der Waals surface area contributed by atoms with Gasteiger partial charge in [0.05, 0.1) is 29.2 Å². The van der Waals surface area contributed by atoms with Crippen LogP contribution >= 0.6 is 23.2 Å². The molecule has 1 saturated heterocycles. The molecule has 1 aliphatic rings. The van der Waals surface area contributed by atoms with Crippen molar-refractivity contribution in [1.29, 1.82) is 0 Å². The van der Waals surface area contributed by atoms with E-state index in [1.165, 1.54) is 36.7 Å². The van der Waals surface area contributed by atoms with Crippen molar-refractivity contribution in [2.75, 3.05) is 47.0 Å². The first-order chi connectivity index (χ1) is 14.8. The van der Waals surface area contributed by atoms with Gasteiger partial charge in [-0.05, 0) is 24.3 Å². The molecule has 0 aromatic heterocycles. The second kappa shape index (κ2) is 9.95. The van der Waals surface area contributed by atoms with Crippen molar-refractivity contribution < 1.29 is 27.4 Å². The van der Waals surface area contributed by atoms with Crippen molar-refractivity contribution in [2.24, 2.45) is 0 Å². The van der Waals surface area contributed by atoms with Crippen LogP contribution in [0, 0.1) is 0 Å². The summed E-state index contributed by atoms with van der Waals surface area (Å²) in [5.74, 6) is 0.960. The van der Waals surface area contributed by atoms with Crippen molar-refractivity contribution in [3.05, 3.63) is 46.4 Å². The summed E-state index contributed by atoms with van der Waals surface area (Å²) in [6.45, 7) is 0.691.